The Labute approximate surface area is 123 Å². The van der Waals surface area contributed by atoms with Gasteiger partial charge < -0.3 is 14.2 Å². The molecule has 0 heterocycles. The maximum Gasteiger partial charge on any atom is 0.333 e. The number of carbonyl (C=O) groups is 1. The zero-order chi connectivity index (χ0) is 15.4. The summed E-state index contributed by atoms with van der Waals surface area (Å²) in [5.74, 6) is 0.218. The van der Waals surface area contributed by atoms with Crippen LogP contribution in [0.4, 0.5) is 0 Å². The number of unbranched alkanes of at least 4 members (excludes halogenated alkanes) is 1. The van der Waals surface area contributed by atoms with Crippen LogP contribution < -0.4 is 0 Å². The zero-order valence-corrected chi connectivity index (χ0v) is 13.4. The Morgan fingerprint density at radius 1 is 1.20 bits per heavy atom. The van der Waals surface area contributed by atoms with E-state index in [2.05, 4.69) is 20.4 Å². The summed E-state index contributed by atoms with van der Waals surface area (Å²) in [6.45, 7) is 12.7. The van der Waals surface area contributed by atoms with E-state index in [0.29, 0.717) is 18.1 Å². The van der Waals surface area contributed by atoms with Crippen LogP contribution in [0.1, 0.15) is 53.4 Å². The van der Waals surface area contributed by atoms with E-state index in [9.17, 15) is 4.79 Å². The van der Waals surface area contributed by atoms with Crippen molar-refractivity contribution in [1.82, 2.24) is 0 Å². The molecule has 0 rings (SSSR count). The SMILES string of the molecule is C=C(C)C(=O)OCCOC(C)OCC(CC)CCCC. The molecule has 0 aromatic carbocycles. The summed E-state index contributed by atoms with van der Waals surface area (Å²) in [5, 5.41) is 0. The van der Waals surface area contributed by atoms with Gasteiger partial charge in [-0.3, -0.25) is 0 Å². The van der Waals surface area contributed by atoms with E-state index in [1.165, 1.54) is 19.3 Å². The molecular weight excluding hydrogens is 256 g/mol. The number of hydrogen-bond donors (Lipinski definition) is 0. The van der Waals surface area contributed by atoms with E-state index in [4.69, 9.17) is 14.2 Å². The van der Waals surface area contributed by atoms with Crippen LogP contribution >= 0.6 is 0 Å². The molecule has 0 saturated carbocycles. The lowest BCUT2D eigenvalue weighted by Crippen LogP contribution is -2.21. The van der Waals surface area contributed by atoms with Gasteiger partial charge in [-0.25, -0.2) is 4.79 Å². The molecule has 0 aliphatic carbocycles. The third kappa shape index (κ3) is 9.98. The van der Waals surface area contributed by atoms with Gasteiger partial charge in [0.25, 0.3) is 0 Å². The molecule has 0 aromatic heterocycles. The fourth-order valence-corrected chi connectivity index (χ4v) is 1.69. The standard InChI is InChI=1S/C16H30O4/c1-6-8-9-15(7-2)12-20-14(5)18-10-11-19-16(17)13(3)4/h14-15H,3,6-12H2,1-2,4-5H3. The molecule has 0 fully saturated rings. The highest BCUT2D eigenvalue weighted by Gasteiger charge is 2.10. The van der Waals surface area contributed by atoms with Crippen LogP contribution in [-0.2, 0) is 19.0 Å². The van der Waals surface area contributed by atoms with Crippen LogP contribution in [0.5, 0.6) is 0 Å². The summed E-state index contributed by atoms with van der Waals surface area (Å²) in [7, 11) is 0. The average Bonchev–Trinajstić information content (AvgIpc) is 2.43. The fourth-order valence-electron chi connectivity index (χ4n) is 1.69. The van der Waals surface area contributed by atoms with Gasteiger partial charge in [-0.05, 0) is 26.2 Å². The van der Waals surface area contributed by atoms with Crippen LogP contribution in [0, 0.1) is 5.92 Å². The van der Waals surface area contributed by atoms with E-state index in [0.717, 1.165) is 13.0 Å². The van der Waals surface area contributed by atoms with Crippen molar-refractivity contribution in [1.29, 1.82) is 0 Å². The molecule has 0 spiro atoms. The van der Waals surface area contributed by atoms with Gasteiger partial charge in [0.15, 0.2) is 6.29 Å². The highest BCUT2D eigenvalue weighted by Crippen LogP contribution is 2.13. The summed E-state index contributed by atoms with van der Waals surface area (Å²) in [6, 6.07) is 0. The molecule has 2 atom stereocenters. The highest BCUT2D eigenvalue weighted by atomic mass is 16.7. The van der Waals surface area contributed by atoms with Gasteiger partial charge in [-0.15, -0.1) is 0 Å². The molecule has 2 unspecified atom stereocenters. The Morgan fingerprint density at radius 2 is 1.90 bits per heavy atom. The summed E-state index contributed by atoms with van der Waals surface area (Å²) in [5.41, 5.74) is 0.399. The second kappa shape index (κ2) is 11.9. The third-order valence-corrected chi connectivity index (χ3v) is 3.13. The molecule has 0 amide bonds. The predicted octanol–water partition coefficient (Wildman–Crippen LogP) is 3.70. The minimum Gasteiger partial charge on any atom is -0.460 e. The minimum atomic E-state index is -0.382. The van der Waals surface area contributed by atoms with E-state index in [1.54, 1.807) is 6.92 Å². The number of rotatable bonds is 12. The molecule has 118 valence electrons. The fraction of sp³-hybridized carbons (Fsp3) is 0.812. The first-order chi connectivity index (χ1) is 9.51. The Bertz CT molecular complexity index is 276. The van der Waals surface area contributed by atoms with Crippen LogP contribution in [0.15, 0.2) is 12.2 Å². The monoisotopic (exact) mass is 286 g/mol. The molecule has 0 bridgehead atoms. The Hall–Kier alpha value is -0.870. The van der Waals surface area contributed by atoms with Crippen molar-refractivity contribution in [2.45, 2.75) is 59.7 Å². The van der Waals surface area contributed by atoms with Crippen LogP contribution in [0.3, 0.4) is 0 Å². The van der Waals surface area contributed by atoms with Gasteiger partial charge in [-0.2, -0.15) is 0 Å². The van der Waals surface area contributed by atoms with E-state index in [1.807, 2.05) is 6.92 Å². The zero-order valence-electron chi connectivity index (χ0n) is 13.4. The van der Waals surface area contributed by atoms with Gasteiger partial charge >= 0.3 is 5.97 Å². The third-order valence-electron chi connectivity index (χ3n) is 3.13. The van der Waals surface area contributed by atoms with Gasteiger partial charge in [0.2, 0.25) is 0 Å². The van der Waals surface area contributed by atoms with Crippen LogP contribution in [0.2, 0.25) is 0 Å². The first-order valence-electron chi connectivity index (χ1n) is 7.57. The van der Waals surface area contributed by atoms with Crippen molar-refractivity contribution in [3.05, 3.63) is 12.2 Å². The van der Waals surface area contributed by atoms with Gasteiger partial charge in [0.05, 0.1) is 13.2 Å². The minimum absolute atomic E-state index is 0.229. The maximum absolute atomic E-state index is 11.1. The summed E-state index contributed by atoms with van der Waals surface area (Å²) < 4.78 is 16.0. The first-order valence-corrected chi connectivity index (χ1v) is 7.57. The van der Waals surface area contributed by atoms with E-state index in [-0.39, 0.29) is 18.9 Å². The summed E-state index contributed by atoms with van der Waals surface area (Å²) in [4.78, 5) is 11.1. The van der Waals surface area contributed by atoms with Gasteiger partial charge in [-0.1, -0.05) is 39.7 Å². The lowest BCUT2D eigenvalue weighted by Gasteiger charge is -2.19. The molecule has 4 nitrogen and oxygen atoms in total. The normalized spacial score (nSPS) is 13.8. The molecule has 0 radical (unpaired) electrons. The first kappa shape index (κ1) is 19.1. The van der Waals surface area contributed by atoms with Crippen molar-refractivity contribution in [2.24, 2.45) is 5.92 Å². The number of ether oxygens (including phenoxy) is 3. The van der Waals surface area contributed by atoms with E-state index >= 15 is 0 Å². The lowest BCUT2D eigenvalue weighted by atomic mass is 10.0. The largest absolute Gasteiger partial charge is 0.460 e. The van der Waals surface area contributed by atoms with Gasteiger partial charge in [0, 0.05) is 5.57 Å². The molecule has 0 N–H and O–H groups in total. The van der Waals surface area contributed by atoms with Crippen LogP contribution in [0.25, 0.3) is 0 Å². The smallest absolute Gasteiger partial charge is 0.333 e. The van der Waals surface area contributed by atoms with Gasteiger partial charge in [0.1, 0.15) is 6.61 Å². The Kier molecular flexibility index (Phi) is 11.4. The number of carbonyl (C=O) groups excluding carboxylic acids is 1. The quantitative estimate of drug-likeness (QED) is 0.237. The molecule has 0 aliphatic rings. The number of hydrogen-bond acceptors (Lipinski definition) is 4. The second-order valence-electron chi connectivity index (χ2n) is 5.10. The average molecular weight is 286 g/mol. The predicted molar refractivity (Wildman–Crippen MR) is 80.4 cm³/mol. The molecule has 4 heteroatoms. The van der Waals surface area contributed by atoms with Crippen molar-refractivity contribution in [3.8, 4) is 0 Å². The topological polar surface area (TPSA) is 44.8 Å². The number of esters is 1. The molecule has 0 saturated heterocycles. The van der Waals surface area contributed by atoms with Crippen molar-refractivity contribution < 1.29 is 19.0 Å². The van der Waals surface area contributed by atoms with Crippen molar-refractivity contribution in [3.63, 3.8) is 0 Å². The maximum atomic E-state index is 11.1. The molecule has 20 heavy (non-hydrogen) atoms. The van der Waals surface area contributed by atoms with Crippen molar-refractivity contribution >= 4 is 5.97 Å². The van der Waals surface area contributed by atoms with Crippen molar-refractivity contribution in [2.75, 3.05) is 19.8 Å². The Balaban J connectivity index is 3.64. The second-order valence-corrected chi connectivity index (χ2v) is 5.10. The summed E-state index contributed by atoms with van der Waals surface area (Å²) >= 11 is 0. The lowest BCUT2D eigenvalue weighted by molar-refractivity contribution is -0.157. The molecular formula is C16H30O4. The van der Waals surface area contributed by atoms with E-state index < -0.39 is 0 Å². The highest BCUT2D eigenvalue weighted by molar-refractivity contribution is 5.86. The Morgan fingerprint density at radius 3 is 2.45 bits per heavy atom. The molecule has 0 aromatic rings. The summed E-state index contributed by atoms with van der Waals surface area (Å²) in [6.07, 6.45) is 4.53. The van der Waals surface area contributed by atoms with Crippen LogP contribution in [-0.4, -0.2) is 32.1 Å². The molecule has 0 aliphatic heterocycles.